The van der Waals surface area contributed by atoms with E-state index in [4.69, 9.17) is 0 Å². The minimum Gasteiger partial charge on any atom is -0.347 e. The van der Waals surface area contributed by atoms with Crippen LogP contribution in [0.3, 0.4) is 0 Å². The zero-order valence-electron chi connectivity index (χ0n) is 18.8. The van der Waals surface area contributed by atoms with E-state index in [0.717, 1.165) is 34.4 Å². The van der Waals surface area contributed by atoms with E-state index in [1.54, 1.807) is 23.9 Å². The highest BCUT2D eigenvalue weighted by Crippen LogP contribution is 2.28. The molecule has 0 aromatic heterocycles. The second-order valence-electron chi connectivity index (χ2n) is 8.42. The van der Waals surface area contributed by atoms with E-state index in [0.29, 0.717) is 19.4 Å². The molecule has 164 valence electrons. The van der Waals surface area contributed by atoms with E-state index in [1.165, 1.54) is 0 Å². The van der Waals surface area contributed by atoms with Gasteiger partial charge in [0.05, 0.1) is 6.42 Å². The number of carbonyl (C=O) groups excluding carboxylic acids is 3. The Hall–Kier alpha value is -3.15. The quantitative estimate of drug-likeness (QED) is 0.778. The zero-order chi connectivity index (χ0) is 22.5. The van der Waals surface area contributed by atoms with Crippen molar-refractivity contribution in [3.8, 4) is 0 Å². The average Bonchev–Trinajstić information content (AvgIpc) is 2.74. The Morgan fingerprint density at radius 1 is 1.06 bits per heavy atom. The van der Waals surface area contributed by atoms with E-state index in [9.17, 15) is 14.4 Å². The van der Waals surface area contributed by atoms with Crippen LogP contribution in [0.2, 0.25) is 0 Å². The summed E-state index contributed by atoms with van der Waals surface area (Å²) in [7, 11) is 3.43. The first-order chi connectivity index (χ1) is 14.8. The van der Waals surface area contributed by atoms with Crippen LogP contribution in [0.1, 0.15) is 42.0 Å². The number of nitrogens with zero attached hydrogens (tertiary/aromatic N) is 2. The normalized spacial score (nSPS) is 15.2. The topological polar surface area (TPSA) is 69.7 Å². The Bertz CT molecular complexity index is 966. The van der Waals surface area contributed by atoms with Crippen LogP contribution in [0.25, 0.3) is 0 Å². The SMILES string of the molecule is CCCC(=O)Nc1ccc2c(c1)CN(C(=O)Cc1ccc(C)cc1)[C@H](C(=O)N(C)C)C2. The van der Waals surface area contributed by atoms with Crippen molar-refractivity contribution in [2.75, 3.05) is 19.4 Å². The van der Waals surface area contributed by atoms with Gasteiger partial charge < -0.3 is 15.1 Å². The third-order valence-corrected chi connectivity index (χ3v) is 5.62. The number of nitrogens with one attached hydrogen (secondary N) is 1. The van der Waals surface area contributed by atoms with E-state index in [1.807, 2.05) is 56.3 Å². The standard InChI is InChI=1S/C25H31N3O3/c1-5-6-23(29)26-21-12-11-19-15-22(25(31)27(3)4)28(16-20(19)14-21)24(30)13-18-9-7-17(2)8-10-18/h7-12,14,22H,5-6,13,15-16H2,1-4H3,(H,26,29)/t22-/m0/s1. The van der Waals surface area contributed by atoms with Gasteiger partial charge in [0, 0.05) is 39.2 Å². The number of aryl methyl sites for hydroxylation is 1. The predicted octanol–water partition coefficient (Wildman–Crippen LogP) is 3.32. The third kappa shape index (κ3) is 5.51. The highest BCUT2D eigenvalue weighted by atomic mass is 16.2. The number of anilines is 1. The summed E-state index contributed by atoms with van der Waals surface area (Å²) < 4.78 is 0. The molecule has 1 heterocycles. The molecule has 2 aromatic rings. The number of benzene rings is 2. The number of hydrogen-bond acceptors (Lipinski definition) is 3. The summed E-state index contributed by atoms with van der Waals surface area (Å²) in [5.74, 6) is -0.176. The Balaban J connectivity index is 1.85. The van der Waals surface area contributed by atoms with Gasteiger partial charge in [-0.25, -0.2) is 0 Å². The first-order valence-electron chi connectivity index (χ1n) is 10.8. The molecule has 2 aromatic carbocycles. The van der Waals surface area contributed by atoms with Crippen molar-refractivity contribution in [1.82, 2.24) is 9.80 Å². The lowest BCUT2D eigenvalue weighted by Gasteiger charge is -2.37. The van der Waals surface area contributed by atoms with Gasteiger partial charge in [0.1, 0.15) is 6.04 Å². The van der Waals surface area contributed by atoms with Crippen molar-refractivity contribution >= 4 is 23.4 Å². The largest absolute Gasteiger partial charge is 0.347 e. The van der Waals surface area contributed by atoms with Crippen molar-refractivity contribution < 1.29 is 14.4 Å². The molecule has 1 aliphatic rings. The molecule has 3 amide bonds. The Morgan fingerprint density at radius 3 is 2.42 bits per heavy atom. The van der Waals surface area contributed by atoms with Crippen molar-refractivity contribution in [3.63, 3.8) is 0 Å². The van der Waals surface area contributed by atoms with Gasteiger partial charge >= 0.3 is 0 Å². The minimum absolute atomic E-state index is 0.0220. The zero-order valence-corrected chi connectivity index (χ0v) is 18.8. The maximum atomic E-state index is 13.2. The van der Waals surface area contributed by atoms with Crippen LogP contribution in [-0.2, 0) is 33.8 Å². The molecule has 1 aliphatic heterocycles. The Morgan fingerprint density at radius 2 is 1.77 bits per heavy atom. The molecule has 0 saturated heterocycles. The van der Waals surface area contributed by atoms with E-state index in [2.05, 4.69) is 5.32 Å². The molecule has 1 N–H and O–H groups in total. The maximum Gasteiger partial charge on any atom is 0.245 e. The summed E-state index contributed by atoms with van der Waals surface area (Å²) in [6.45, 7) is 4.32. The van der Waals surface area contributed by atoms with Crippen LogP contribution in [0.4, 0.5) is 5.69 Å². The second kappa shape index (κ2) is 9.77. The molecular weight excluding hydrogens is 390 g/mol. The van der Waals surface area contributed by atoms with Crippen LogP contribution < -0.4 is 5.32 Å². The molecule has 3 rings (SSSR count). The Labute approximate surface area is 184 Å². The fourth-order valence-corrected chi connectivity index (χ4v) is 3.88. The van der Waals surface area contributed by atoms with Crippen molar-refractivity contribution in [3.05, 3.63) is 64.7 Å². The molecular formula is C25H31N3O3. The lowest BCUT2D eigenvalue weighted by atomic mass is 9.92. The lowest BCUT2D eigenvalue weighted by Crippen LogP contribution is -2.52. The van der Waals surface area contributed by atoms with Gasteiger partial charge in [-0.15, -0.1) is 0 Å². The number of carbonyl (C=O) groups is 3. The molecule has 6 heteroatoms. The van der Waals surface area contributed by atoms with Crippen molar-refractivity contribution in [1.29, 1.82) is 0 Å². The van der Waals surface area contributed by atoms with Gasteiger partial charge in [0.25, 0.3) is 0 Å². The summed E-state index contributed by atoms with van der Waals surface area (Å²) in [6, 6.07) is 13.1. The van der Waals surface area contributed by atoms with Gasteiger partial charge in [0.2, 0.25) is 17.7 Å². The number of hydrogen-bond donors (Lipinski definition) is 1. The highest BCUT2D eigenvalue weighted by Gasteiger charge is 2.35. The summed E-state index contributed by atoms with van der Waals surface area (Å²) in [4.78, 5) is 41.3. The van der Waals surface area contributed by atoms with Crippen LogP contribution in [0.15, 0.2) is 42.5 Å². The monoisotopic (exact) mass is 421 g/mol. The van der Waals surface area contributed by atoms with Gasteiger partial charge in [-0.2, -0.15) is 0 Å². The van der Waals surface area contributed by atoms with Gasteiger partial charge in [-0.3, -0.25) is 14.4 Å². The summed E-state index contributed by atoms with van der Waals surface area (Å²) >= 11 is 0. The first kappa shape index (κ1) is 22.5. The molecule has 0 spiro atoms. The Kier molecular flexibility index (Phi) is 7.10. The molecule has 0 saturated carbocycles. The number of amides is 3. The van der Waals surface area contributed by atoms with Gasteiger partial charge in [-0.1, -0.05) is 42.8 Å². The summed E-state index contributed by atoms with van der Waals surface area (Å²) in [5, 5.41) is 2.92. The smallest absolute Gasteiger partial charge is 0.245 e. The number of rotatable bonds is 6. The fourth-order valence-electron chi connectivity index (χ4n) is 3.88. The fraction of sp³-hybridized carbons (Fsp3) is 0.400. The van der Waals surface area contributed by atoms with E-state index in [-0.39, 0.29) is 24.1 Å². The van der Waals surface area contributed by atoms with Crippen LogP contribution >= 0.6 is 0 Å². The summed E-state index contributed by atoms with van der Waals surface area (Å²) in [6.07, 6.45) is 1.97. The molecule has 0 radical (unpaired) electrons. The molecule has 0 unspecified atom stereocenters. The highest BCUT2D eigenvalue weighted by molar-refractivity contribution is 5.91. The van der Waals surface area contributed by atoms with Crippen molar-refractivity contribution in [2.45, 2.75) is 52.1 Å². The lowest BCUT2D eigenvalue weighted by molar-refractivity contribution is -0.145. The number of likely N-dealkylation sites (N-methyl/N-ethyl adjacent to an activating group) is 1. The second-order valence-corrected chi connectivity index (χ2v) is 8.42. The van der Waals surface area contributed by atoms with Crippen LogP contribution in [0.5, 0.6) is 0 Å². The summed E-state index contributed by atoms with van der Waals surface area (Å²) in [5.41, 5.74) is 4.79. The van der Waals surface area contributed by atoms with E-state index < -0.39 is 6.04 Å². The average molecular weight is 422 g/mol. The van der Waals surface area contributed by atoms with Gasteiger partial charge in [-0.05, 0) is 42.2 Å². The third-order valence-electron chi connectivity index (χ3n) is 5.62. The molecule has 1 atom stereocenters. The molecule has 0 fully saturated rings. The van der Waals surface area contributed by atoms with Gasteiger partial charge in [0.15, 0.2) is 0 Å². The molecule has 6 nitrogen and oxygen atoms in total. The van der Waals surface area contributed by atoms with E-state index >= 15 is 0 Å². The van der Waals surface area contributed by atoms with Crippen molar-refractivity contribution in [2.24, 2.45) is 0 Å². The molecule has 31 heavy (non-hydrogen) atoms. The van der Waals surface area contributed by atoms with Crippen LogP contribution in [-0.4, -0.2) is 47.7 Å². The maximum absolute atomic E-state index is 13.2. The first-order valence-corrected chi connectivity index (χ1v) is 10.8. The van der Waals surface area contributed by atoms with Crippen LogP contribution in [0, 0.1) is 6.92 Å². The molecule has 0 bridgehead atoms. The minimum atomic E-state index is -0.527. The number of fused-ring (bicyclic) bond motifs is 1. The molecule has 0 aliphatic carbocycles. The predicted molar refractivity (Wildman–Crippen MR) is 122 cm³/mol.